The summed E-state index contributed by atoms with van der Waals surface area (Å²) in [6, 6.07) is 18.0. The van der Waals surface area contributed by atoms with E-state index in [1.54, 1.807) is 0 Å². The lowest BCUT2D eigenvalue weighted by molar-refractivity contribution is -0.465. The highest BCUT2D eigenvalue weighted by Crippen LogP contribution is 2.25. The van der Waals surface area contributed by atoms with Crippen LogP contribution in [-0.4, -0.2) is 16.2 Å². The Morgan fingerprint density at radius 2 is 1.94 bits per heavy atom. The summed E-state index contributed by atoms with van der Waals surface area (Å²) in [4.78, 5) is 18.8. The van der Waals surface area contributed by atoms with Crippen molar-refractivity contribution >= 4 is 39.6 Å². The van der Waals surface area contributed by atoms with E-state index in [0.29, 0.717) is 16.8 Å². The number of benzene rings is 2. The number of nitrogens with zero attached hydrogens (tertiary/aromatic N) is 3. The van der Waals surface area contributed by atoms with Gasteiger partial charge in [0, 0.05) is 11.1 Å². The number of hydrazone groups is 1. The van der Waals surface area contributed by atoms with Crippen LogP contribution in [0.15, 0.2) is 58.4 Å². The molecule has 0 unspecified atom stereocenters. The second-order valence-corrected chi connectivity index (χ2v) is 8.13. The van der Waals surface area contributed by atoms with Crippen molar-refractivity contribution < 1.29 is 4.40 Å². The van der Waals surface area contributed by atoms with Crippen molar-refractivity contribution in [3.8, 4) is 6.07 Å². The number of aryl methyl sites for hydroxylation is 1. The fourth-order valence-corrected chi connectivity index (χ4v) is 4.41. The van der Waals surface area contributed by atoms with Gasteiger partial charge < -0.3 is 4.98 Å². The van der Waals surface area contributed by atoms with Crippen LogP contribution in [-0.2, 0) is 6.42 Å². The molecular weight excluding hydrogens is 412 g/mol. The summed E-state index contributed by atoms with van der Waals surface area (Å²) in [6.07, 6.45) is 2.26. The fourth-order valence-electron chi connectivity index (χ4n) is 4.41. The molecule has 5 rings (SSSR count). The first-order valence-electron chi connectivity index (χ1n) is 10.8. The monoisotopic (exact) mass is 435 g/mol. The third-order valence-electron chi connectivity index (χ3n) is 6.06. The van der Waals surface area contributed by atoms with E-state index in [2.05, 4.69) is 33.5 Å². The summed E-state index contributed by atoms with van der Waals surface area (Å²) in [5.74, 6) is 0.769. The average molecular weight is 436 g/mol. The van der Waals surface area contributed by atoms with E-state index in [1.165, 1.54) is 6.21 Å². The number of hydrogen-bond acceptors (Lipinski definition) is 4. The van der Waals surface area contributed by atoms with Crippen molar-refractivity contribution in [3.63, 3.8) is 0 Å². The van der Waals surface area contributed by atoms with Gasteiger partial charge in [-0.25, -0.2) is 0 Å². The molecule has 162 valence electrons. The van der Waals surface area contributed by atoms with Crippen molar-refractivity contribution in [1.29, 1.82) is 5.26 Å². The van der Waals surface area contributed by atoms with E-state index in [4.69, 9.17) is 0 Å². The molecule has 0 fully saturated rings. The van der Waals surface area contributed by atoms with E-state index in [1.807, 2.05) is 66.8 Å². The van der Waals surface area contributed by atoms with Gasteiger partial charge in [-0.3, -0.25) is 9.78 Å². The second-order valence-electron chi connectivity index (χ2n) is 8.13. The molecule has 0 radical (unpaired) electrons. The molecule has 3 N–H and O–H groups in total. The van der Waals surface area contributed by atoms with Crippen LogP contribution >= 0.6 is 0 Å². The zero-order valence-corrected chi connectivity index (χ0v) is 18.7. The first kappa shape index (κ1) is 20.5. The standard InChI is InChI=1S/C26H22N6O/c1-4-19-16(3)20(13-27)24-29-22-7-5-6-8-23(22)32(24)25(19)31-28-14-18-12-17-11-15(2)9-10-21(17)30-26(18)33/h5-12,14H,4H2,1-3H3,(H2,28,29,30,31,33)/p+1. The quantitative estimate of drug-likeness (QED) is 0.223. The van der Waals surface area contributed by atoms with Crippen LogP contribution < -0.4 is 15.4 Å². The lowest BCUT2D eigenvalue weighted by atomic mass is 10.0. The number of H-pyrrole nitrogens is 2. The molecule has 7 heteroatoms. The first-order chi connectivity index (χ1) is 16.0. The number of hydrogen-bond donors (Lipinski definition) is 3. The molecule has 0 aliphatic heterocycles. The van der Waals surface area contributed by atoms with Crippen LogP contribution in [0.5, 0.6) is 0 Å². The van der Waals surface area contributed by atoms with Gasteiger partial charge >= 0.3 is 0 Å². The topological polar surface area (TPSA) is 101 Å². The number of aromatic amines is 2. The largest absolute Gasteiger partial charge is 0.321 e. The summed E-state index contributed by atoms with van der Waals surface area (Å²) < 4.78 is 1.99. The number of aromatic nitrogens is 3. The van der Waals surface area contributed by atoms with Crippen LogP contribution in [0.25, 0.3) is 27.6 Å². The highest BCUT2D eigenvalue weighted by molar-refractivity contribution is 5.88. The Morgan fingerprint density at radius 3 is 2.73 bits per heavy atom. The number of para-hydroxylation sites is 2. The lowest BCUT2D eigenvalue weighted by Gasteiger charge is -2.10. The molecule has 0 aliphatic carbocycles. The van der Waals surface area contributed by atoms with Gasteiger partial charge in [-0.1, -0.05) is 30.7 Å². The molecule has 0 aliphatic rings. The highest BCUT2D eigenvalue weighted by Gasteiger charge is 2.24. The zero-order valence-electron chi connectivity index (χ0n) is 18.7. The Labute approximate surface area is 190 Å². The fraction of sp³-hybridized carbons (Fsp3) is 0.154. The van der Waals surface area contributed by atoms with Crippen LogP contribution in [0.2, 0.25) is 0 Å². The van der Waals surface area contributed by atoms with Crippen molar-refractivity contribution in [2.45, 2.75) is 27.2 Å². The number of pyridine rings is 2. The van der Waals surface area contributed by atoms with E-state index in [0.717, 1.165) is 50.9 Å². The maximum Gasteiger partial charge on any atom is 0.257 e. The molecule has 33 heavy (non-hydrogen) atoms. The third-order valence-corrected chi connectivity index (χ3v) is 6.06. The Balaban J connectivity index is 1.66. The molecule has 0 saturated carbocycles. The molecule has 0 atom stereocenters. The Morgan fingerprint density at radius 1 is 1.12 bits per heavy atom. The number of imidazole rings is 1. The van der Waals surface area contributed by atoms with Crippen LogP contribution in [0.4, 0.5) is 5.82 Å². The minimum atomic E-state index is -0.200. The highest BCUT2D eigenvalue weighted by atomic mass is 16.1. The molecule has 0 bridgehead atoms. The van der Waals surface area contributed by atoms with Crippen molar-refractivity contribution in [1.82, 2.24) is 9.97 Å². The summed E-state index contributed by atoms with van der Waals surface area (Å²) in [5, 5.41) is 15.2. The summed E-state index contributed by atoms with van der Waals surface area (Å²) >= 11 is 0. The molecule has 5 aromatic rings. The smallest absolute Gasteiger partial charge is 0.257 e. The third kappa shape index (κ3) is 3.33. The number of anilines is 1. The predicted molar refractivity (Wildman–Crippen MR) is 131 cm³/mol. The van der Waals surface area contributed by atoms with Crippen molar-refractivity contribution in [2.24, 2.45) is 5.10 Å². The summed E-state index contributed by atoms with van der Waals surface area (Å²) in [6.45, 7) is 6.02. The van der Waals surface area contributed by atoms with Gasteiger partial charge in [-0.05, 0) is 61.5 Å². The lowest BCUT2D eigenvalue weighted by Crippen LogP contribution is -2.28. The average Bonchev–Trinajstić information content (AvgIpc) is 3.19. The van der Waals surface area contributed by atoms with E-state index in [-0.39, 0.29) is 5.56 Å². The van der Waals surface area contributed by atoms with E-state index in [9.17, 15) is 10.1 Å². The van der Waals surface area contributed by atoms with Gasteiger partial charge in [0.2, 0.25) is 5.65 Å². The molecule has 7 nitrogen and oxygen atoms in total. The van der Waals surface area contributed by atoms with Gasteiger partial charge in [-0.2, -0.15) is 15.1 Å². The summed E-state index contributed by atoms with van der Waals surface area (Å²) in [5.41, 5.74) is 10.4. The predicted octanol–water partition coefficient (Wildman–Crippen LogP) is 4.25. The minimum Gasteiger partial charge on any atom is -0.321 e. The molecule has 0 amide bonds. The molecule has 0 saturated heterocycles. The second kappa shape index (κ2) is 7.92. The maximum absolute atomic E-state index is 12.5. The normalized spacial score (nSPS) is 11.6. The van der Waals surface area contributed by atoms with Gasteiger partial charge in [0.1, 0.15) is 22.7 Å². The zero-order chi connectivity index (χ0) is 23.1. The van der Waals surface area contributed by atoms with E-state index < -0.39 is 0 Å². The molecular formula is C26H23N6O+. The Hall–Kier alpha value is -4.44. The van der Waals surface area contributed by atoms with E-state index >= 15 is 0 Å². The molecule has 0 spiro atoms. The number of nitrogens with one attached hydrogen (secondary N) is 3. The van der Waals surface area contributed by atoms with Crippen molar-refractivity contribution in [2.75, 3.05) is 5.43 Å². The maximum atomic E-state index is 12.5. The molecule has 3 heterocycles. The Bertz CT molecular complexity index is 1680. The van der Waals surface area contributed by atoms with Gasteiger partial charge in [0.05, 0.1) is 11.8 Å². The first-order valence-corrected chi connectivity index (χ1v) is 10.8. The number of nitriles is 1. The van der Waals surface area contributed by atoms with Crippen molar-refractivity contribution in [3.05, 3.63) is 86.7 Å². The van der Waals surface area contributed by atoms with Gasteiger partial charge in [-0.15, -0.1) is 5.10 Å². The molecule has 2 aromatic carbocycles. The van der Waals surface area contributed by atoms with Gasteiger partial charge in [0.15, 0.2) is 0 Å². The minimum absolute atomic E-state index is 0.200. The van der Waals surface area contributed by atoms with Crippen LogP contribution in [0.3, 0.4) is 0 Å². The molecule has 3 aromatic heterocycles. The SMILES string of the molecule is CCc1c(C)c(C#N)c2[nH]c3ccccc3[n+]2c1NN=Cc1cc2cc(C)ccc2[nH]c1=O. The number of rotatable bonds is 4. The van der Waals surface area contributed by atoms with Gasteiger partial charge in [0.25, 0.3) is 11.4 Å². The van der Waals surface area contributed by atoms with Crippen LogP contribution in [0.1, 0.15) is 34.7 Å². The Kier molecular flexibility index (Phi) is 4.91. The number of fused-ring (bicyclic) bond motifs is 4. The van der Waals surface area contributed by atoms with Crippen LogP contribution in [0, 0.1) is 25.2 Å². The summed E-state index contributed by atoms with van der Waals surface area (Å²) in [7, 11) is 0.